The second-order valence-electron chi connectivity index (χ2n) is 7.81. The molecule has 0 bridgehead atoms. The third-order valence-electron chi connectivity index (χ3n) is 5.78. The van der Waals surface area contributed by atoms with Crippen LogP contribution in [0.1, 0.15) is 15.9 Å². The second-order valence-corrected chi connectivity index (χ2v) is 7.81. The molecule has 0 saturated carbocycles. The summed E-state index contributed by atoms with van der Waals surface area (Å²) in [6.45, 7) is 2.35. The highest BCUT2D eigenvalue weighted by molar-refractivity contribution is 5.98. The van der Waals surface area contributed by atoms with E-state index >= 15 is 0 Å². The van der Waals surface area contributed by atoms with Crippen LogP contribution in [0.2, 0.25) is 0 Å². The van der Waals surface area contributed by atoms with Crippen molar-refractivity contribution in [2.45, 2.75) is 18.7 Å². The van der Waals surface area contributed by atoms with Gasteiger partial charge < -0.3 is 9.64 Å². The molecule has 1 fully saturated rings. The van der Waals surface area contributed by atoms with Gasteiger partial charge in [0.2, 0.25) is 0 Å². The highest BCUT2D eigenvalue weighted by atomic mass is 16.5. The molecule has 2 aromatic heterocycles. The highest BCUT2D eigenvalue weighted by Gasteiger charge is 2.42. The maximum atomic E-state index is 13.1. The molecule has 2 unspecified atom stereocenters. The van der Waals surface area contributed by atoms with Crippen molar-refractivity contribution in [2.75, 3.05) is 20.1 Å². The fourth-order valence-corrected chi connectivity index (χ4v) is 4.27. The number of hydrogen-bond donors (Lipinski definition) is 0. The monoisotopic (exact) mass is 389 g/mol. The van der Waals surface area contributed by atoms with E-state index in [2.05, 4.69) is 15.0 Å². The summed E-state index contributed by atoms with van der Waals surface area (Å²) >= 11 is 0. The number of hydrogen-bond acceptors (Lipinski definition) is 5. The number of rotatable bonds is 3. The number of likely N-dealkylation sites (N-methyl/N-ethyl adjacent to an activating group) is 1. The van der Waals surface area contributed by atoms with Crippen molar-refractivity contribution in [1.82, 2.24) is 24.6 Å². The molecule has 0 spiro atoms. The molecule has 29 heavy (non-hydrogen) atoms. The highest BCUT2D eigenvalue weighted by Crippen LogP contribution is 2.34. The quantitative estimate of drug-likeness (QED) is 0.687. The molecular formula is C22H23N5O2. The van der Waals surface area contributed by atoms with Gasteiger partial charge in [-0.05, 0) is 23.8 Å². The summed E-state index contributed by atoms with van der Waals surface area (Å²) in [6, 6.07) is 9.72. The van der Waals surface area contributed by atoms with Crippen molar-refractivity contribution < 1.29 is 9.53 Å². The van der Waals surface area contributed by atoms with Crippen molar-refractivity contribution in [3.8, 4) is 16.9 Å². The Morgan fingerprint density at radius 3 is 2.79 bits per heavy atom. The van der Waals surface area contributed by atoms with E-state index in [1.54, 1.807) is 6.20 Å². The summed E-state index contributed by atoms with van der Waals surface area (Å²) in [4.78, 5) is 21.5. The summed E-state index contributed by atoms with van der Waals surface area (Å²) in [5, 5.41) is 4.25. The predicted octanol–water partition coefficient (Wildman–Crippen LogP) is 2.20. The maximum absolute atomic E-state index is 13.1. The molecular weight excluding hydrogens is 366 g/mol. The van der Waals surface area contributed by atoms with Gasteiger partial charge in [0.25, 0.3) is 5.91 Å². The molecule has 0 N–H and O–H groups in total. The van der Waals surface area contributed by atoms with Crippen molar-refractivity contribution in [2.24, 2.45) is 7.05 Å². The molecule has 3 aromatic rings. The number of amides is 1. The molecule has 0 aliphatic carbocycles. The zero-order chi connectivity index (χ0) is 20.0. The molecule has 1 amide bonds. The number of pyridine rings is 1. The zero-order valence-corrected chi connectivity index (χ0v) is 16.5. The lowest BCUT2D eigenvalue weighted by Gasteiger charge is -2.25. The predicted molar refractivity (Wildman–Crippen MR) is 108 cm³/mol. The lowest BCUT2D eigenvalue weighted by Crippen LogP contribution is -2.44. The van der Waals surface area contributed by atoms with Crippen LogP contribution >= 0.6 is 0 Å². The van der Waals surface area contributed by atoms with E-state index in [0.717, 1.165) is 36.3 Å². The summed E-state index contributed by atoms with van der Waals surface area (Å²) in [6.07, 6.45) is 7.42. The Bertz CT molecular complexity index is 1050. The number of carbonyl (C=O) groups is 1. The molecule has 5 rings (SSSR count). The number of aromatic nitrogens is 3. The van der Waals surface area contributed by atoms with Crippen LogP contribution in [0.4, 0.5) is 0 Å². The minimum Gasteiger partial charge on any atom is -0.486 e. The molecule has 7 heteroatoms. The molecule has 2 atom stereocenters. The standard InChI is InChI=1S/C22H23N5O2/c1-25-11-15(9-24-25)12-27-13-19-21(14-27)29-20-8-16(17-4-3-7-23-10-17)5-6-18(20)22(28)26(19)2/h3-11,19,21H,12-14H2,1-2H3. The number of carbonyl (C=O) groups excluding carboxylic acids is 1. The van der Waals surface area contributed by atoms with Crippen LogP contribution in [0.5, 0.6) is 5.75 Å². The number of benzene rings is 1. The van der Waals surface area contributed by atoms with E-state index in [1.807, 2.05) is 72.6 Å². The second kappa shape index (κ2) is 7.00. The summed E-state index contributed by atoms with van der Waals surface area (Å²) < 4.78 is 8.22. The third-order valence-corrected chi connectivity index (χ3v) is 5.78. The van der Waals surface area contributed by atoms with Gasteiger partial charge in [0, 0.05) is 63.4 Å². The molecule has 2 aliphatic heterocycles. The van der Waals surface area contributed by atoms with E-state index in [1.165, 1.54) is 0 Å². The van der Waals surface area contributed by atoms with Crippen molar-refractivity contribution in [1.29, 1.82) is 0 Å². The Kier molecular flexibility index (Phi) is 4.32. The van der Waals surface area contributed by atoms with Crippen LogP contribution < -0.4 is 4.74 Å². The minimum absolute atomic E-state index is 0.00784. The normalized spacial score (nSPS) is 21.4. The number of fused-ring (bicyclic) bond motifs is 2. The molecule has 7 nitrogen and oxygen atoms in total. The van der Waals surface area contributed by atoms with Crippen LogP contribution in [-0.2, 0) is 13.6 Å². The van der Waals surface area contributed by atoms with Crippen LogP contribution in [0.3, 0.4) is 0 Å². The zero-order valence-electron chi connectivity index (χ0n) is 16.5. The average molecular weight is 389 g/mol. The van der Waals surface area contributed by atoms with Gasteiger partial charge in [-0.1, -0.05) is 12.1 Å². The first kappa shape index (κ1) is 17.9. The molecule has 2 aliphatic rings. The SMILES string of the molecule is CN1C(=O)c2ccc(-c3cccnc3)cc2OC2CN(Cc3cnn(C)c3)CC21. The van der Waals surface area contributed by atoms with Gasteiger partial charge in [0.05, 0.1) is 17.8 Å². The Balaban J connectivity index is 1.42. The van der Waals surface area contributed by atoms with Gasteiger partial charge in [-0.3, -0.25) is 19.4 Å². The molecule has 1 aromatic carbocycles. The first-order chi connectivity index (χ1) is 14.1. The number of likely N-dealkylation sites (tertiary alicyclic amines) is 1. The van der Waals surface area contributed by atoms with Gasteiger partial charge in [-0.2, -0.15) is 5.10 Å². The minimum atomic E-state index is -0.0639. The van der Waals surface area contributed by atoms with Crippen LogP contribution in [0.15, 0.2) is 55.1 Å². The third kappa shape index (κ3) is 3.27. The molecule has 4 heterocycles. The lowest BCUT2D eigenvalue weighted by molar-refractivity contribution is 0.0682. The van der Waals surface area contributed by atoms with Crippen LogP contribution in [0.25, 0.3) is 11.1 Å². The fraction of sp³-hybridized carbons (Fsp3) is 0.318. The Labute approximate surface area is 169 Å². The van der Waals surface area contributed by atoms with Crippen LogP contribution in [-0.4, -0.2) is 62.8 Å². The fourth-order valence-electron chi connectivity index (χ4n) is 4.27. The summed E-state index contributed by atoms with van der Waals surface area (Å²) in [5.41, 5.74) is 3.78. The van der Waals surface area contributed by atoms with E-state index in [9.17, 15) is 4.79 Å². The topological polar surface area (TPSA) is 63.5 Å². The molecule has 148 valence electrons. The summed E-state index contributed by atoms with van der Waals surface area (Å²) in [5.74, 6) is 0.660. The number of ether oxygens (including phenoxy) is 1. The van der Waals surface area contributed by atoms with E-state index in [4.69, 9.17) is 4.74 Å². The average Bonchev–Trinajstić information content (AvgIpc) is 3.31. The van der Waals surface area contributed by atoms with Gasteiger partial charge in [0.15, 0.2) is 0 Å². The van der Waals surface area contributed by atoms with Gasteiger partial charge in [-0.15, -0.1) is 0 Å². The van der Waals surface area contributed by atoms with Crippen molar-refractivity contribution in [3.63, 3.8) is 0 Å². The largest absolute Gasteiger partial charge is 0.486 e. The Morgan fingerprint density at radius 1 is 1.14 bits per heavy atom. The number of nitrogens with zero attached hydrogens (tertiary/aromatic N) is 5. The smallest absolute Gasteiger partial charge is 0.257 e. The molecule has 0 radical (unpaired) electrons. The number of aryl methyl sites for hydroxylation is 1. The van der Waals surface area contributed by atoms with Gasteiger partial charge in [-0.25, -0.2) is 0 Å². The van der Waals surface area contributed by atoms with Crippen LogP contribution in [0, 0.1) is 0 Å². The van der Waals surface area contributed by atoms with E-state index in [0.29, 0.717) is 11.3 Å². The van der Waals surface area contributed by atoms with E-state index in [-0.39, 0.29) is 18.1 Å². The first-order valence-corrected chi connectivity index (χ1v) is 9.76. The lowest BCUT2D eigenvalue weighted by atomic mass is 10.0. The maximum Gasteiger partial charge on any atom is 0.257 e. The Morgan fingerprint density at radius 2 is 2.03 bits per heavy atom. The first-order valence-electron chi connectivity index (χ1n) is 9.76. The van der Waals surface area contributed by atoms with Gasteiger partial charge in [0.1, 0.15) is 11.9 Å². The van der Waals surface area contributed by atoms with E-state index < -0.39 is 0 Å². The Hall–Kier alpha value is -3.19. The molecule has 1 saturated heterocycles. The summed E-state index contributed by atoms with van der Waals surface area (Å²) in [7, 11) is 3.80. The van der Waals surface area contributed by atoms with Crippen molar-refractivity contribution in [3.05, 3.63) is 66.2 Å². The van der Waals surface area contributed by atoms with Gasteiger partial charge >= 0.3 is 0 Å². The van der Waals surface area contributed by atoms with Crippen molar-refractivity contribution >= 4 is 5.91 Å².